The number of nitrogens with zero attached hydrogens (tertiary/aromatic N) is 5. The van der Waals surface area contributed by atoms with Crippen LogP contribution in [-0.4, -0.2) is 77.6 Å². The Morgan fingerprint density at radius 2 is 2.00 bits per heavy atom. The number of carbonyl (C=O) groups excluding carboxylic acids is 2. The molecule has 0 bridgehead atoms. The number of urea groups is 1. The molecule has 1 aromatic rings. The molecule has 22 heavy (non-hydrogen) atoms. The van der Waals surface area contributed by atoms with Crippen LogP contribution in [0.2, 0.25) is 0 Å². The Balaban J connectivity index is 1.77. The van der Waals surface area contributed by atoms with Crippen LogP contribution in [0, 0.1) is 5.92 Å². The molecule has 2 heterocycles. The lowest BCUT2D eigenvalue weighted by molar-refractivity contribution is -0.135. The summed E-state index contributed by atoms with van der Waals surface area (Å²) in [5.41, 5.74) is 0. The van der Waals surface area contributed by atoms with Gasteiger partial charge in [-0.1, -0.05) is 5.16 Å². The number of hydrogen-bond acceptors (Lipinski definition) is 5. The maximum absolute atomic E-state index is 12.4. The van der Waals surface area contributed by atoms with Crippen molar-refractivity contribution in [2.24, 2.45) is 5.92 Å². The standard InChI is InChI=1S/C14H23N5O3/c1-17(2)14(21)19-8-4-11(5-9-19)13(20)18(3)7-6-12-15-10-22-16-12/h10-11H,4-9H2,1-3H3. The number of piperidine rings is 1. The molecule has 0 spiro atoms. The third-order valence-electron chi connectivity index (χ3n) is 3.95. The molecule has 0 aliphatic carbocycles. The number of carbonyl (C=O) groups is 2. The van der Waals surface area contributed by atoms with Crippen molar-refractivity contribution in [3.8, 4) is 0 Å². The lowest BCUT2D eigenvalue weighted by atomic mass is 9.95. The topological polar surface area (TPSA) is 82.8 Å². The van der Waals surface area contributed by atoms with Crippen LogP contribution in [0.4, 0.5) is 4.79 Å². The zero-order chi connectivity index (χ0) is 16.1. The van der Waals surface area contributed by atoms with E-state index in [0.29, 0.717) is 44.7 Å². The predicted molar refractivity (Wildman–Crippen MR) is 79.0 cm³/mol. The van der Waals surface area contributed by atoms with Gasteiger partial charge in [-0.05, 0) is 12.8 Å². The zero-order valence-corrected chi connectivity index (χ0v) is 13.4. The van der Waals surface area contributed by atoms with E-state index < -0.39 is 0 Å². The summed E-state index contributed by atoms with van der Waals surface area (Å²) in [6.45, 7) is 1.83. The molecule has 0 radical (unpaired) electrons. The molecule has 1 aliphatic rings. The van der Waals surface area contributed by atoms with Crippen LogP contribution in [0.5, 0.6) is 0 Å². The number of amides is 3. The van der Waals surface area contributed by atoms with Gasteiger partial charge in [0.05, 0.1) is 0 Å². The molecule has 3 amide bonds. The Hall–Kier alpha value is -2.12. The number of likely N-dealkylation sites (tertiary alicyclic amines) is 1. The van der Waals surface area contributed by atoms with Crippen LogP contribution in [0.15, 0.2) is 10.9 Å². The molecular formula is C14H23N5O3. The summed E-state index contributed by atoms with van der Waals surface area (Å²) in [5, 5.41) is 3.73. The Kier molecular flexibility index (Phi) is 5.35. The molecule has 2 rings (SSSR count). The van der Waals surface area contributed by atoms with Crippen LogP contribution in [0.1, 0.15) is 18.7 Å². The van der Waals surface area contributed by atoms with Gasteiger partial charge < -0.3 is 19.2 Å². The molecule has 0 unspecified atom stereocenters. The van der Waals surface area contributed by atoms with Gasteiger partial charge >= 0.3 is 6.03 Å². The second-order valence-electron chi connectivity index (χ2n) is 5.80. The van der Waals surface area contributed by atoms with Crippen molar-refractivity contribution in [2.45, 2.75) is 19.3 Å². The van der Waals surface area contributed by atoms with Crippen LogP contribution < -0.4 is 0 Å². The molecule has 0 atom stereocenters. The first-order valence-corrected chi connectivity index (χ1v) is 7.45. The molecule has 8 heteroatoms. The second kappa shape index (κ2) is 7.24. The normalized spacial score (nSPS) is 15.7. The fourth-order valence-electron chi connectivity index (χ4n) is 2.59. The molecule has 1 aliphatic heterocycles. The third kappa shape index (κ3) is 3.96. The maximum atomic E-state index is 12.4. The molecule has 122 valence electrons. The maximum Gasteiger partial charge on any atom is 0.319 e. The monoisotopic (exact) mass is 309 g/mol. The van der Waals surface area contributed by atoms with E-state index in [9.17, 15) is 9.59 Å². The number of hydrogen-bond donors (Lipinski definition) is 0. The highest BCUT2D eigenvalue weighted by Gasteiger charge is 2.29. The van der Waals surface area contributed by atoms with Gasteiger partial charge in [0.2, 0.25) is 12.3 Å². The average Bonchev–Trinajstić information content (AvgIpc) is 3.04. The van der Waals surface area contributed by atoms with Gasteiger partial charge in [0, 0.05) is 53.1 Å². The van der Waals surface area contributed by atoms with Crippen molar-refractivity contribution in [3.63, 3.8) is 0 Å². The van der Waals surface area contributed by atoms with Crippen LogP contribution >= 0.6 is 0 Å². The van der Waals surface area contributed by atoms with Crippen molar-refractivity contribution in [1.82, 2.24) is 24.8 Å². The molecule has 8 nitrogen and oxygen atoms in total. The summed E-state index contributed by atoms with van der Waals surface area (Å²) in [6.07, 6.45) is 3.29. The molecule has 1 aromatic heterocycles. The molecule has 1 fully saturated rings. The van der Waals surface area contributed by atoms with E-state index in [2.05, 4.69) is 14.7 Å². The van der Waals surface area contributed by atoms with E-state index in [1.165, 1.54) is 6.39 Å². The van der Waals surface area contributed by atoms with Crippen molar-refractivity contribution in [1.29, 1.82) is 0 Å². The second-order valence-corrected chi connectivity index (χ2v) is 5.80. The number of rotatable bonds is 4. The lowest BCUT2D eigenvalue weighted by Gasteiger charge is -2.34. The Morgan fingerprint density at radius 1 is 1.32 bits per heavy atom. The van der Waals surface area contributed by atoms with E-state index >= 15 is 0 Å². The van der Waals surface area contributed by atoms with Gasteiger partial charge in [-0.3, -0.25) is 4.79 Å². The lowest BCUT2D eigenvalue weighted by Crippen LogP contribution is -2.46. The summed E-state index contributed by atoms with van der Waals surface area (Å²) in [5.74, 6) is 0.716. The van der Waals surface area contributed by atoms with Crippen molar-refractivity contribution < 1.29 is 14.1 Å². The Labute approximate surface area is 130 Å². The molecule has 0 saturated carbocycles. The molecule has 0 aromatic carbocycles. The van der Waals surface area contributed by atoms with Crippen molar-refractivity contribution in [2.75, 3.05) is 40.8 Å². The third-order valence-corrected chi connectivity index (χ3v) is 3.95. The minimum absolute atomic E-state index is 0.0105. The van der Waals surface area contributed by atoms with Gasteiger partial charge in [0.1, 0.15) is 0 Å². The highest BCUT2D eigenvalue weighted by atomic mass is 16.5. The summed E-state index contributed by atoms with van der Waals surface area (Å²) in [7, 11) is 5.27. The summed E-state index contributed by atoms with van der Waals surface area (Å²) < 4.78 is 4.67. The van der Waals surface area contributed by atoms with Crippen LogP contribution in [0.25, 0.3) is 0 Å². The van der Waals surface area contributed by atoms with Crippen molar-refractivity contribution in [3.05, 3.63) is 12.2 Å². The van der Waals surface area contributed by atoms with Gasteiger partial charge in [0.15, 0.2) is 5.82 Å². The first-order valence-electron chi connectivity index (χ1n) is 7.45. The van der Waals surface area contributed by atoms with E-state index in [4.69, 9.17) is 0 Å². The van der Waals surface area contributed by atoms with E-state index in [1.54, 1.807) is 35.8 Å². The summed E-state index contributed by atoms with van der Waals surface area (Å²) in [4.78, 5) is 33.3. The van der Waals surface area contributed by atoms with Crippen LogP contribution in [-0.2, 0) is 11.2 Å². The molecule has 1 saturated heterocycles. The largest absolute Gasteiger partial charge is 0.345 e. The average molecular weight is 309 g/mol. The zero-order valence-electron chi connectivity index (χ0n) is 13.4. The Morgan fingerprint density at radius 3 is 2.55 bits per heavy atom. The van der Waals surface area contributed by atoms with Gasteiger partial charge in [-0.25, -0.2) is 4.79 Å². The van der Waals surface area contributed by atoms with Gasteiger partial charge in [-0.15, -0.1) is 0 Å². The quantitative estimate of drug-likeness (QED) is 0.807. The minimum Gasteiger partial charge on any atom is -0.345 e. The Bertz CT molecular complexity index is 495. The number of aromatic nitrogens is 2. The van der Waals surface area contributed by atoms with Crippen molar-refractivity contribution >= 4 is 11.9 Å². The van der Waals surface area contributed by atoms with E-state index in [0.717, 1.165) is 0 Å². The van der Waals surface area contributed by atoms with E-state index in [-0.39, 0.29) is 17.9 Å². The first kappa shape index (κ1) is 16.3. The fraction of sp³-hybridized carbons (Fsp3) is 0.714. The summed E-state index contributed by atoms with van der Waals surface area (Å²) >= 11 is 0. The minimum atomic E-state index is -0.0125. The fourth-order valence-corrected chi connectivity index (χ4v) is 2.59. The predicted octanol–water partition coefficient (Wildman–Crippen LogP) is 0.464. The van der Waals surface area contributed by atoms with Gasteiger partial charge in [0.25, 0.3) is 0 Å². The van der Waals surface area contributed by atoms with Gasteiger partial charge in [-0.2, -0.15) is 4.98 Å². The smallest absolute Gasteiger partial charge is 0.319 e. The first-order chi connectivity index (χ1) is 10.5. The van der Waals surface area contributed by atoms with E-state index in [1.807, 2.05) is 0 Å². The number of likely N-dealkylation sites (N-methyl/N-ethyl adjacent to an activating group) is 1. The highest BCUT2D eigenvalue weighted by Crippen LogP contribution is 2.20. The molecule has 0 N–H and O–H groups in total. The highest BCUT2D eigenvalue weighted by molar-refractivity contribution is 5.79. The summed E-state index contributed by atoms with van der Waals surface area (Å²) in [6, 6.07) is 0.0105. The molecular weight excluding hydrogens is 286 g/mol. The SMILES string of the molecule is CN(C)C(=O)N1CCC(C(=O)N(C)CCc2ncon2)CC1. The van der Waals surface area contributed by atoms with Crippen LogP contribution in [0.3, 0.4) is 0 Å².